The van der Waals surface area contributed by atoms with Crippen LogP contribution in [0.5, 0.6) is 0 Å². The summed E-state index contributed by atoms with van der Waals surface area (Å²) in [6.07, 6.45) is 3.50. The summed E-state index contributed by atoms with van der Waals surface area (Å²) in [5, 5.41) is 6.77. The van der Waals surface area contributed by atoms with Gasteiger partial charge in [0.25, 0.3) is 0 Å². The summed E-state index contributed by atoms with van der Waals surface area (Å²) in [6.45, 7) is 7.19. The summed E-state index contributed by atoms with van der Waals surface area (Å²) in [5.41, 5.74) is 4.08. The summed E-state index contributed by atoms with van der Waals surface area (Å²) in [7, 11) is 1.69. The zero-order valence-electron chi connectivity index (χ0n) is 15.5. The normalized spacial score (nSPS) is 11.6. The van der Waals surface area contributed by atoms with Gasteiger partial charge in [0.15, 0.2) is 5.96 Å². The van der Waals surface area contributed by atoms with Crippen LogP contribution in [0.3, 0.4) is 0 Å². The van der Waals surface area contributed by atoms with Gasteiger partial charge in [0.1, 0.15) is 5.76 Å². The number of aryl methyl sites for hydroxylation is 2. The van der Waals surface area contributed by atoms with E-state index in [0.717, 1.165) is 37.7 Å². The second-order valence-corrected chi connectivity index (χ2v) is 6.03. The van der Waals surface area contributed by atoms with Crippen LogP contribution in [0.25, 0.3) is 0 Å². The molecule has 1 heterocycles. The van der Waals surface area contributed by atoms with E-state index in [1.54, 1.807) is 13.4 Å². The van der Waals surface area contributed by atoms with Gasteiger partial charge in [-0.15, -0.1) is 0 Å². The first kappa shape index (κ1) is 19.1. The van der Waals surface area contributed by atoms with Gasteiger partial charge in [-0.2, -0.15) is 0 Å². The summed E-state index contributed by atoms with van der Waals surface area (Å²) in [4.78, 5) is 4.55. The summed E-state index contributed by atoms with van der Waals surface area (Å²) < 4.78 is 10.4. The van der Waals surface area contributed by atoms with Gasteiger partial charge in [-0.05, 0) is 49.1 Å². The van der Waals surface area contributed by atoms with Crippen LogP contribution in [-0.2, 0) is 17.6 Å². The van der Waals surface area contributed by atoms with Gasteiger partial charge in [0, 0.05) is 26.6 Å². The maximum absolute atomic E-state index is 5.36. The molecule has 0 atom stereocenters. The molecule has 0 saturated carbocycles. The fourth-order valence-electron chi connectivity index (χ4n) is 2.73. The number of methoxy groups -OCH3 is 1. The van der Waals surface area contributed by atoms with Crippen molar-refractivity contribution in [3.63, 3.8) is 0 Å². The average Bonchev–Trinajstić information content (AvgIpc) is 3.10. The third-order valence-corrected chi connectivity index (χ3v) is 4.12. The highest BCUT2D eigenvalue weighted by Gasteiger charge is 2.04. The number of rotatable bonds is 9. The third kappa shape index (κ3) is 6.63. The number of nitrogens with zero attached hydrogens (tertiary/aromatic N) is 1. The predicted octanol–water partition coefficient (Wildman–Crippen LogP) is 2.86. The number of hydrogen-bond acceptors (Lipinski definition) is 3. The Balaban J connectivity index is 1.83. The van der Waals surface area contributed by atoms with Gasteiger partial charge in [-0.1, -0.05) is 18.2 Å². The van der Waals surface area contributed by atoms with Crippen LogP contribution < -0.4 is 10.6 Å². The minimum atomic E-state index is 0.613. The van der Waals surface area contributed by atoms with Crippen LogP contribution in [0.4, 0.5) is 0 Å². The van der Waals surface area contributed by atoms with Gasteiger partial charge in [0.2, 0.25) is 0 Å². The molecule has 25 heavy (non-hydrogen) atoms. The van der Waals surface area contributed by atoms with E-state index in [1.165, 1.54) is 16.7 Å². The Morgan fingerprint density at radius 2 is 1.76 bits per heavy atom. The molecule has 0 amide bonds. The van der Waals surface area contributed by atoms with Crippen LogP contribution in [0.2, 0.25) is 0 Å². The number of guanidine groups is 1. The molecule has 5 heteroatoms. The van der Waals surface area contributed by atoms with E-state index >= 15 is 0 Å². The van der Waals surface area contributed by atoms with Crippen molar-refractivity contribution in [1.29, 1.82) is 0 Å². The van der Waals surface area contributed by atoms with Crippen LogP contribution >= 0.6 is 0 Å². The summed E-state index contributed by atoms with van der Waals surface area (Å²) in [5.74, 6) is 1.79. The lowest BCUT2D eigenvalue weighted by Crippen LogP contribution is -2.39. The third-order valence-electron chi connectivity index (χ3n) is 4.12. The molecule has 0 aliphatic rings. The molecule has 5 nitrogen and oxygen atoms in total. The number of furan rings is 1. The van der Waals surface area contributed by atoms with Crippen molar-refractivity contribution in [2.24, 2.45) is 4.99 Å². The van der Waals surface area contributed by atoms with Crippen molar-refractivity contribution < 1.29 is 9.15 Å². The molecule has 2 aromatic rings. The molecule has 0 fully saturated rings. The first-order valence-electron chi connectivity index (χ1n) is 8.79. The molecule has 0 radical (unpaired) electrons. The van der Waals surface area contributed by atoms with Crippen molar-refractivity contribution in [1.82, 2.24) is 10.6 Å². The van der Waals surface area contributed by atoms with Gasteiger partial charge >= 0.3 is 0 Å². The van der Waals surface area contributed by atoms with E-state index in [0.29, 0.717) is 13.2 Å². The number of hydrogen-bond donors (Lipinski definition) is 2. The van der Waals surface area contributed by atoms with E-state index in [2.05, 4.69) is 47.7 Å². The fraction of sp³-hybridized carbons (Fsp3) is 0.450. The average molecular weight is 343 g/mol. The van der Waals surface area contributed by atoms with Gasteiger partial charge in [0.05, 0.1) is 19.4 Å². The molecule has 0 aliphatic carbocycles. The smallest absolute Gasteiger partial charge is 0.191 e. The lowest BCUT2D eigenvalue weighted by atomic mass is 10.0. The second kappa shape index (κ2) is 10.6. The first-order valence-corrected chi connectivity index (χ1v) is 8.79. The molecule has 136 valence electrons. The lowest BCUT2D eigenvalue weighted by Gasteiger charge is -2.14. The lowest BCUT2D eigenvalue weighted by molar-refractivity contribution is 0.208. The van der Waals surface area contributed by atoms with Crippen LogP contribution in [-0.4, -0.2) is 39.3 Å². The van der Waals surface area contributed by atoms with Crippen molar-refractivity contribution >= 4 is 5.96 Å². The molecule has 1 aromatic carbocycles. The van der Waals surface area contributed by atoms with Gasteiger partial charge in [-0.25, -0.2) is 0 Å². The molecule has 2 rings (SSSR count). The zero-order chi connectivity index (χ0) is 17.9. The fourth-order valence-corrected chi connectivity index (χ4v) is 2.73. The maximum Gasteiger partial charge on any atom is 0.191 e. The monoisotopic (exact) mass is 343 g/mol. The first-order chi connectivity index (χ1) is 12.2. The van der Waals surface area contributed by atoms with E-state index in [-0.39, 0.29) is 0 Å². The molecule has 1 aromatic heterocycles. The van der Waals surface area contributed by atoms with Gasteiger partial charge in [-0.3, -0.25) is 4.99 Å². The molecular formula is C20H29N3O2. The largest absolute Gasteiger partial charge is 0.469 e. The zero-order valence-corrected chi connectivity index (χ0v) is 15.5. The summed E-state index contributed by atoms with van der Waals surface area (Å²) >= 11 is 0. The van der Waals surface area contributed by atoms with E-state index in [9.17, 15) is 0 Å². The second-order valence-electron chi connectivity index (χ2n) is 6.03. The van der Waals surface area contributed by atoms with E-state index in [1.807, 2.05) is 12.1 Å². The van der Waals surface area contributed by atoms with Gasteiger partial charge < -0.3 is 19.8 Å². The standard InChI is InChI=1S/C20H29N3O2/c1-16-6-4-7-17(2)19(16)10-12-22-20(23-13-15-24-3)21-11-9-18-8-5-14-25-18/h4-8,14H,9-13,15H2,1-3H3,(H2,21,22,23). The van der Waals surface area contributed by atoms with Crippen LogP contribution in [0.15, 0.2) is 46.0 Å². The van der Waals surface area contributed by atoms with Crippen LogP contribution in [0, 0.1) is 13.8 Å². The van der Waals surface area contributed by atoms with Crippen molar-refractivity contribution in [3.05, 3.63) is 59.0 Å². The van der Waals surface area contributed by atoms with E-state index in [4.69, 9.17) is 9.15 Å². The molecule has 0 spiro atoms. The van der Waals surface area contributed by atoms with Crippen LogP contribution in [0.1, 0.15) is 22.5 Å². The molecule has 0 aliphatic heterocycles. The highest BCUT2D eigenvalue weighted by atomic mass is 16.5. The number of benzene rings is 1. The molecule has 2 N–H and O–H groups in total. The minimum absolute atomic E-state index is 0.613. The highest BCUT2D eigenvalue weighted by molar-refractivity contribution is 5.79. The molecule has 0 bridgehead atoms. The predicted molar refractivity (Wildman–Crippen MR) is 102 cm³/mol. The Morgan fingerprint density at radius 1 is 1.04 bits per heavy atom. The Labute approximate surface area is 150 Å². The number of aliphatic imine (C=N–C) groups is 1. The Kier molecular flexibility index (Phi) is 8.05. The quantitative estimate of drug-likeness (QED) is 0.418. The van der Waals surface area contributed by atoms with Crippen molar-refractivity contribution in [2.75, 3.05) is 33.4 Å². The molecular weight excluding hydrogens is 314 g/mol. The number of nitrogens with one attached hydrogen (secondary N) is 2. The summed E-state index contributed by atoms with van der Waals surface area (Å²) in [6, 6.07) is 10.3. The Bertz CT molecular complexity index is 631. The molecule has 0 saturated heterocycles. The minimum Gasteiger partial charge on any atom is -0.469 e. The Morgan fingerprint density at radius 3 is 2.40 bits per heavy atom. The number of ether oxygens (including phenoxy) is 1. The van der Waals surface area contributed by atoms with Crippen molar-refractivity contribution in [2.45, 2.75) is 26.7 Å². The van der Waals surface area contributed by atoms with E-state index < -0.39 is 0 Å². The maximum atomic E-state index is 5.36. The SMILES string of the molecule is COCCN=C(NCCc1ccco1)NCCc1c(C)cccc1C. The Hall–Kier alpha value is -2.27. The van der Waals surface area contributed by atoms with Crippen molar-refractivity contribution in [3.8, 4) is 0 Å². The molecule has 0 unspecified atom stereocenters. The highest BCUT2D eigenvalue weighted by Crippen LogP contribution is 2.13. The topological polar surface area (TPSA) is 58.8 Å².